The lowest BCUT2D eigenvalue weighted by Crippen LogP contribution is -2.38. The Morgan fingerprint density at radius 2 is 1.83 bits per heavy atom. The predicted molar refractivity (Wildman–Crippen MR) is 91.3 cm³/mol. The van der Waals surface area contributed by atoms with Gasteiger partial charge in [0.15, 0.2) is 0 Å². The molecule has 0 radical (unpaired) electrons. The van der Waals surface area contributed by atoms with Crippen molar-refractivity contribution in [1.29, 1.82) is 0 Å². The molecular formula is C19H28F2N2O. The maximum atomic E-state index is 14.0. The molecule has 1 aromatic rings. The number of amides is 1. The van der Waals surface area contributed by atoms with Crippen molar-refractivity contribution in [3.05, 3.63) is 35.4 Å². The number of halogens is 2. The highest BCUT2D eigenvalue weighted by Gasteiger charge is 2.27. The second kappa shape index (κ2) is 9.72. The van der Waals surface area contributed by atoms with Gasteiger partial charge >= 0.3 is 0 Å². The minimum atomic E-state index is -0.466. The molecule has 3 nitrogen and oxygen atoms in total. The molecule has 1 aliphatic rings. The van der Waals surface area contributed by atoms with Gasteiger partial charge in [0.1, 0.15) is 11.6 Å². The van der Waals surface area contributed by atoms with Crippen LogP contribution < -0.4 is 5.73 Å². The normalized spacial score (nSPS) is 15.0. The molecule has 0 bridgehead atoms. The van der Waals surface area contributed by atoms with Crippen LogP contribution in [0.5, 0.6) is 0 Å². The molecule has 134 valence electrons. The maximum Gasteiger partial charge on any atom is 0.223 e. The summed E-state index contributed by atoms with van der Waals surface area (Å²) < 4.78 is 27.4. The average Bonchev–Trinajstić information content (AvgIpc) is 3.09. The lowest BCUT2D eigenvalue weighted by molar-refractivity contribution is -0.134. The molecular weight excluding hydrogens is 310 g/mol. The SMILES string of the molecule is NCCCCCCC(=O)N(Cc1cc(F)ccc1F)C1CCCC1. The number of hydrogen-bond acceptors (Lipinski definition) is 2. The van der Waals surface area contributed by atoms with Gasteiger partial charge in [0, 0.05) is 24.6 Å². The lowest BCUT2D eigenvalue weighted by Gasteiger charge is -2.29. The number of rotatable bonds is 9. The van der Waals surface area contributed by atoms with Gasteiger partial charge < -0.3 is 10.6 Å². The Morgan fingerprint density at radius 3 is 2.54 bits per heavy atom. The number of nitrogens with two attached hydrogens (primary N) is 1. The number of hydrogen-bond donors (Lipinski definition) is 1. The van der Waals surface area contributed by atoms with E-state index in [9.17, 15) is 13.6 Å². The highest BCUT2D eigenvalue weighted by atomic mass is 19.1. The highest BCUT2D eigenvalue weighted by molar-refractivity contribution is 5.76. The van der Waals surface area contributed by atoms with Crippen molar-refractivity contribution in [3.63, 3.8) is 0 Å². The Hall–Kier alpha value is -1.49. The van der Waals surface area contributed by atoms with E-state index in [4.69, 9.17) is 5.73 Å². The topological polar surface area (TPSA) is 46.3 Å². The molecule has 1 aliphatic carbocycles. The van der Waals surface area contributed by atoms with Gasteiger partial charge in [-0.05, 0) is 50.4 Å². The van der Waals surface area contributed by atoms with Gasteiger partial charge in [-0.1, -0.05) is 25.7 Å². The molecule has 1 amide bonds. The van der Waals surface area contributed by atoms with Crippen LogP contribution in [-0.4, -0.2) is 23.4 Å². The molecule has 0 atom stereocenters. The molecule has 0 aromatic heterocycles. The van der Waals surface area contributed by atoms with E-state index in [1.165, 1.54) is 6.07 Å². The Labute approximate surface area is 143 Å². The predicted octanol–water partition coefficient (Wildman–Crippen LogP) is 4.15. The molecule has 0 spiro atoms. The quantitative estimate of drug-likeness (QED) is 0.688. The summed E-state index contributed by atoms with van der Waals surface area (Å²) in [5.41, 5.74) is 5.73. The van der Waals surface area contributed by atoms with Crippen molar-refractivity contribution in [3.8, 4) is 0 Å². The third-order valence-electron chi connectivity index (χ3n) is 4.78. The summed E-state index contributed by atoms with van der Waals surface area (Å²) in [7, 11) is 0. The van der Waals surface area contributed by atoms with Crippen molar-refractivity contribution in [2.45, 2.75) is 70.4 Å². The third kappa shape index (κ3) is 5.55. The summed E-state index contributed by atoms with van der Waals surface area (Å²) >= 11 is 0. The molecule has 0 saturated heterocycles. The third-order valence-corrected chi connectivity index (χ3v) is 4.78. The smallest absolute Gasteiger partial charge is 0.223 e. The van der Waals surface area contributed by atoms with E-state index in [-0.39, 0.29) is 24.1 Å². The highest BCUT2D eigenvalue weighted by Crippen LogP contribution is 2.27. The van der Waals surface area contributed by atoms with Gasteiger partial charge in [-0.25, -0.2) is 8.78 Å². The fourth-order valence-electron chi connectivity index (χ4n) is 3.40. The second-order valence-electron chi connectivity index (χ2n) is 6.65. The van der Waals surface area contributed by atoms with Crippen molar-refractivity contribution in [2.75, 3.05) is 6.54 Å². The molecule has 0 aliphatic heterocycles. The zero-order valence-electron chi connectivity index (χ0n) is 14.3. The zero-order chi connectivity index (χ0) is 17.4. The van der Waals surface area contributed by atoms with Gasteiger partial charge in [-0.3, -0.25) is 4.79 Å². The van der Waals surface area contributed by atoms with E-state index in [1.54, 1.807) is 4.90 Å². The molecule has 0 heterocycles. The summed E-state index contributed by atoms with van der Waals surface area (Å²) in [5.74, 6) is -0.861. The molecule has 1 saturated carbocycles. The van der Waals surface area contributed by atoms with Crippen LogP contribution >= 0.6 is 0 Å². The number of carbonyl (C=O) groups excluding carboxylic acids is 1. The van der Waals surface area contributed by atoms with Crippen LogP contribution in [0.2, 0.25) is 0 Å². The van der Waals surface area contributed by atoms with Crippen LogP contribution in [0.4, 0.5) is 8.78 Å². The van der Waals surface area contributed by atoms with E-state index < -0.39 is 11.6 Å². The maximum absolute atomic E-state index is 14.0. The molecule has 24 heavy (non-hydrogen) atoms. The van der Waals surface area contributed by atoms with E-state index in [2.05, 4.69) is 0 Å². The summed E-state index contributed by atoms with van der Waals surface area (Å²) in [6, 6.07) is 3.60. The Balaban J connectivity index is 1.99. The van der Waals surface area contributed by atoms with Gasteiger partial charge in [-0.15, -0.1) is 0 Å². The minimum absolute atomic E-state index is 0.0540. The Bertz CT molecular complexity index is 530. The zero-order valence-corrected chi connectivity index (χ0v) is 14.3. The molecule has 5 heteroatoms. The average molecular weight is 338 g/mol. The van der Waals surface area contributed by atoms with Gasteiger partial charge in [0.05, 0.1) is 0 Å². The van der Waals surface area contributed by atoms with Crippen LogP contribution in [0.15, 0.2) is 18.2 Å². The Kier molecular flexibility index (Phi) is 7.63. The van der Waals surface area contributed by atoms with Crippen LogP contribution in [-0.2, 0) is 11.3 Å². The molecule has 0 unspecified atom stereocenters. The van der Waals surface area contributed by atoms with Crippen LogP contribution in [0, 0.1) is 11.6 Å². The summed E-state index contributed by atoms with van der Waals surface area (Å²) in [5, 5.41) is 0. The van der Waals surface area contributed by atoms with Gasteiger partial charge in [0.25, 0.3) is 0 Å². The molecule has 2 rings (SSSR count). The number of nitrogens with zero attached hydrogens (tertiary/aromatic N) is 1. The fourth-order valence-corrected chi connectivity index (χ4v) is 3.40. The molecule has 2 N–H and O–H groups in total. The summed E-state index contributed by atoms with van der Waals surface area (Å²) in [4.78, 5) is 14.4. The standard InChI is InChI=1S/C19H28F2N2O/c20-16-10-11-18(21)15(13-16)14-23(17-7-4-5-8-17)19(24)9-3-1-2-6-12-22/h10-11,13,17H,1-9,12,14,22H2. The minimum Gasteiger partial charge on any atom is -0.335 e. The first-order valence-electron chi connectivity index (χ1n) is 9.05. The van der Waals surface area contributed by atoms with Crippen molar-refractivity contribution in [2.24, 2.45) is 5.73 Å². The first kappa shape index (κ1) is 18.8. The van der Waals surface area contributed by atoms with Crippen molar-refractivity contribution in [1.82, 2.24) is 4.90 Å². The van der Waals surface area contributed by atoms with E-state index >= 15 is 0 Å². The first-order chi connectivity index (χ1) is 11.6. The summed E-state index contributed by atoms with van der Waals surface area (Å²) in [6.07, 6.45) is 8.39. The van der Waals surface area contributed by atoms with E-state index in [0.29, 0.717) is 13.0 Å². The van der Waals surface area contributed by atoms with Gasteiger partial charge in [-0.2, -0.15) is 0 Å². The van der Waals surface area contributed by atoms with Crippen molar-refractivity contribution >= 4 is 5.91 Å². The number of carbonyl (C=O) groups is 1. The van der Waals surface area contributed by atoms with Crippen LogP contribution in [0.1, 0.15) is 63.4 Å². The first-order valence-corrected chi connectivity index (χ1v) is 9.05. The molecule has 1 fully saturated rings. The van der Waals surface area contributed by atoms with E-state index in [1.807, 2.05) is 0 Å². The van der Waals surface area contributed by atoms with Crippen molar-refractivity contribution < 1.29 is 13.6 Å². The van der Waals surface area contributed by atoms with Crippen LogP contribution in [0.25, 0.3) is 0 Å². The van der Waals surface area contributed by atoms with Gasteiger partial charge in [0.2, 0.25) is 5.91 Å². The Morgan fingerprint density at radius 1 is 1.12 bits per heavy atom. The monoisotopic (exact) mass is 338 g/mol. The fraction of sp³-hybridized carbons (Fsp3) is 0.632. The second-order valence-corrected chi connectivity index (χ2v) is 6.65. The van der Waals surface area contributed by atoms with Crippen LogP contribution in [0.3, 0.4) is 0 Å². The van der Waals surface area contributed by atoms with E-state index in [0.717, 1.165) is 63.5 Å². The summed E-state index contributed by atoms with van der Waals surface area (Å²) in [6.45, 7) is 0.844. The largest absolute Gasteiger partial charge is 0.335 e. The lowest BCUT2D eigenvalue weighted by atomic mass is 10.1. The number of benzene rings is 1. The number of unbranched alkanes of at least 4 members (excludes halogenated alkanes) is 3. The molecule has 1 aromatic carbocycles.